The van der Waals surface area contributed by atoms with Gasteiger partial charge in [0.15, 0.2) is 0 Å². The van der Waals surface area contributed by atoms with E-state index in [9.17, 15) is 0 Å². The summed E-state index contributed by atoms with van der Waals surface area (Å²) in [6.45, 7) is 5.06. The Morgan fingerprint density at radius 2 is 2.17 bits per heavy atom. The van der Waals surface area contributed by atoms with Gasteiger partial charge in [-0.2, -0.15) is 0 Å². The average molecular weight is 281 g/mol. The molecule has 0 aliphatic heterocycles. The van der Waals surface area contributed by atoms with Crippen LogP contribution in [0, 0.1) is 6.92 Å². The highest BCUT2D eigenvalue weighted by molar-refractivity contribution is 7.09. The molecule has 0 saturated carbocycles. The van der Waals surface area contributed by atoms with Crippen LogP contribution in [-0.2, 0) is 6.42 Å². The lowest BCUT2D eigenvalue weighted by Gasteiger charge is -2.18. The summed E-state index contributed by atoms with van der Waals surface area (Å²) in [6, 6.07) is 8.23. The summed E-state index contributed by atoms with van der Waals surface area (Å²) >= 11 is 7.96. The van der Waals surface area contributed by atoms with Gasteiger partial charge in [-0.1, -0.05) is 36.7 Å². The highest BCUT2D eigenvalue weighted by atomic mass is 35.5. The summed E-state index contributed by atoms with van der Waals surface area (Å²) in [5.74, 6) is 0. The van der Waals surface area contributed by atoms with Crippen LogP contribution in [0.1, 0.15) is 29.2 Å². The molecule has 4 heteroatoms. The van der Waals surface area contributed by atoms with E-state index >= 15 is 0 Å². The number of thiazole rings is 1. The number of aryl methyl sites for hydroxylation is 1. The van der Waals surface area contributed by atoms with E-state index in [0.717, 1.165) is 34.3 Å². The molecule has 0 aliphatic carbocycles. The Morgan fingerprint density at radius 3 is 2.78 bits per heavy atom. The standard InChI is InChI=1S/C14H17ClN2S/c1-3-16-14(8-11-9-18-10(2)17-11)12-6-4-5-7-13(12)15/h4-7,9,14,16H,3,8H2,1-2H3. The van der Waals surface area contributed by atoms with Crippen LogP contribution in [-0.4, -0.2) is 11.5 Å². The predicted molar refractivity (Wildman–Crippen MR) is 78.4 cm³/mol. The number of likely N-dealkylation sites (N-methyl/N-ethyl adjacent to an activating group) is 1. The van der Waals surface area contributed by atoms with Gasteiger partial charge in [-0.25, -0.2) is 4.98 Å². The van der Waals surface area contributed by atoms with E-state index in [0.29, 0.717) is 0 Å². The van der Waals surface area contributed by atoms with Crippen LogP contribution in [0.25, 0.3) is 0 Å². The Kier molecular flexibility index (Phi) is 4.75. The Balaban J connectivity index is 2.20. The van der Waals surface area contributed by atoms with Gasteiger partial charge >= 0.3 is 0 Å². The number of hydrogen-bond acceptors (Lipinski definition) is 3. The van der Waals surface area contributed by atoms with Crippen LogP contribution in [0.3, 0.4) is 0 Å². The lowest BCUT2D eigenvalue weighted by atomic mass is 10.0. The summed E-state index contributed by atoms with van der Waals surface area (Å²) in [5, 5.41) is 7.52. The van der Waals surface area contributed by atoms with E-state index in [1.807, 2.05) is 25.1 Å². The quantitative estimate of drug-likeness (QED) is 0.895. The fourth-order valence-electron chi connectivity index (χ4n) is 2.01. The molecule has 0 aliphatic rings. The van der Waals surface area contributed by atoms with Gasteiger partial charge in [0.25, 0.3) is 0 Å². The molecule has 0 radical (unpaired) electrons. The fraction of sp³-hybridized carbons (Fsp3) is 0.357. The topological polar surface area (TPSA) is 24.9 Å². The van der Waals surface area contributed by atoms with Crippen LogP contribution >= 0.6 is 22.9 Å². The molecule has 1 atom stereocenters. The average Bonchev–Trinajstić information content (AvgIpc) is 2.75. The van der Waals surface area contributed by atoms with Gasteiger partial charge in [-0.05, 0) is 25.1 Å². The number of nitrogens with zero attached hydrogens (tertiary/aromatic N) is 1. The van der Waals surface area contributed by atoms with Gasteiger partial charge in [-0.3, -0.25) is 0 Å². The molecule has 0 saturated heterocycles. The zero-order valence-electron chi connectivity index (χ0n) is 10.6. The largest absolute Gasteiger partial charge is 0.310 e. The molecule has 1 heterocycles. The monoisotopic (exact) mass is 280 g/mol. The smallest absolute Gasteiger partial charge is 0.0897 e. The van der Waals surface area contributed by atoms with Crippen LogP contribution < -0.4 is 5.32 Å². The lowest BCUT2D eigenvalue weighted by molar-refractivity contribution is 0.545. The molecule has 2 nitrogen and oxygen atoms in total. The first kappa shape index (κ1) is 13.5. The minimum atomic E-state index is 0.227. The molecule has 0 bridgehead atoms. The van der Waals surface area contributed by atoms with Crippen molar-refractivity contribution in [2.24, 2.45) is 0 Å². The second-order valence-corrected chi connectivity index (χ2v) is 5.66. The van der Waals surface area contributed by atoms with Crippen molar-refractivity contribution in [3.8, 4) is 0 Å². The third-order valence-electron chi connectivity index (χ3n) is 2.81. The molecule has 18 heavy (non-hydrogen) atoms. The van der Waals surface area contributed by atoms with Crippen LogP contribution in [0.2, 0.25) is 5.02 Å². The second-order valence-electron chi connectivity index (χ2n) is 4.19. The van der Waals surface area contributed by atoms with Gasteiger partial charge in [0.2, 0.25) is 0 Å². The SMILES string of the molecule is CCNC(Cc1csc(C)n1)c1ccccc1Cl. The number of rotatable bonds is 5. The molecular weight excluding hydrogens is 264 g/mol. The molecule has 0 fully saturated rings. The maximum absolute atomic E-state index is 6.27. The number of hydrogen-bond donors (Lipinski definition) is 1. The third-order valence-corrected chi connectivity index (χ3v) is 3.98. The van der Waals surface area contributed by atoms with Crippen LogP contribution in [0.5, 0.6) is 0 Å². The van der Waals surface area contributed by atoms with Gasteiger partial charge < -0.3 is 5.32 Å². The van der Waals surface area contributed by atoms with E-state index in [-0.39, 0.29) is 6.04 Å². The number of halogens is 1. The third kappa shape index (κ3) is 3.31. The minimum absolute atomic E-state index is 0.227. The molecule has 2 aromatic rings. The van der Waals surface area contributed by atoms with Gasteiger partial charge in [0.05, 0.1) is 10.7 Å². The van der Waals surface area contributed by atoms with E-state index in [1.54, 1.807) is 11.3 Å². The number of aromatic nitrogens is 1. The van der Waals surface area contributed by atoms with E-state index in [1.165, 1.54) is 0 Å². The van der Waals surface area contributed by atoms with Crippen molar-refractivity contribution in [3.05, 3.63) is 50.9 Å². The molecule has 0 spiro atoms. The zero-order chi connectivity index (χ0) is 13.0. The van der Waals surface area contributed by atoms with Gasteiger partial charge in [0, 0.05) is 22.9 Å². The van der Waals surface area contributed by atoms with Gasteiger partial charge in [0.1, 0.15) is 0 Å². The lowest BCUT2D eigenvalue weighted by Crippen LogP contribution is -2.23. The number of nitrogens with one attached hydrogen (secondary N) is 1. The molecular formula is C14H17ClN2S. The Labute approximate surface area is 117 Å². The molecule has 1 aromatic heterocycles. The maximum atomic E-state index is 6.27. The summed E-state index contributed by atoms with van der Waals surface area (Å²) in [7, 11) is 0. The maximum Gasteiger partial charge on any atom is 0.0897 e. The first-order valence-electron chi connectivity index (χ1n) is 6.09. The minimum Gasteiger partial charge on any atom is -0.310 e. The first-order valence-corrected chi connectivity index (χ1v) is 7.35. The molecule has 0 amide bonds. The van der Waals surface area contributed by atoms with E-state index in [2.05, 4.69) is 28.7 Å². The molecule has 1 aromatic carbocycles. The summed E-state index contributed by atoms with van der Waals surface area (Å²) < 4.78 is 0. The summed E-state index contributed by atoms with van der Waals surface area (Å²) in [6.07, 6.45) is 0.877. The zero-order valence-corrected chi connectivity index (χ0v) is 12.2. The highest BCUT2D eigenvalue weighted by Gasteiger charge is 2.15. The molecule has 2 rings (SSSR count). The number of benzene rings is 1. The second kappa shape index (κ2) is 6.32. The van der Waals surface area contributed by atoms with Crippen LogP contribution in [0.4, 0.5) is 0 Å². The van der Waals surface area contributed by atoms with Crippen molar-refractivity contribution in [1.29, 1.82) is 0 Å². The Morgan fingerprint density at radius 1 is 1.39 bits per heavy atom. The van der Waals surface area contributed by atoms with Gasteiger partial charge in [-0.15, -0.1) is 11.3 Å². The predicted octanol–water partition coefficient (Wildman–Crippen LogP) is 4.00. The Hall–Kier alpha value is -0.900. The normalized spacial score (nSPS) is 12.6. The first-order chi connectivity index (χ1) is 8.70. The molecule has 1 unspecified atom stereocenters. The van der Waals surface area contributed by atoms with Crippen molar-refractivity contribution in [1.82, 2.24) is 10.3 Å². The van der Waals surface area contributed by atoms with Crippen molar-refractivity contribution in [2.45, 2.75) is 26.3 Å². The fourth-order valence-corrected chi connectivity index (χ4v) is 2.90. The Bertz CT molecular complexity index is 510. The van der Waals surface area contributed by atoms with E-state index in [4.69, 9.17) is 11.6 Å². The van der Waals surface area contributed by atoms with Crippen LogP contribution in [0.15, 0.2) is 29.6 Å². The molecule has 1 N–H and O–H groups in total. The van der Waals surface area contributed by atoms with Crippen molar-refractivity contribution in [2.75, 3.05) is 6.54 Å². The van der Waals surface area contributed by atoms with Crippen molar-refractivity contribution in [3.63, 3.8) is 0 Å². The highest BCUT2D eigenvalue weighted by Crippen LogP contribution is 2.25. The summed E-state index contributed by atoms with van der Waals surface area (Å²) in [5.41, 5.74) is 2.27. The molecule has 96 valence electrons. The van der Waals surface area contributed by atoms with Crippen molar-refractivity contribution >= 4 is 22.9 Å². The van der Waals surface area contributed by atoms with Crippen molar-refractivity contribution < 1.29 is 0 Å². The van der Waals surface area contributed by atoms with E-state index < -0.39 is 0 Å². The summed E-state index contributed by atoms with van der Waals surface area (Å²) in [4.78, 5) is 4.52.